The van der Waals surface area contributed by atoms with E-state index in [1.54, 1.807) is 7.11 Å². The Kier molecular flexibility index (Phi) is 5.11. The van der Waals surface area contributed by atoms with Gasteiger partial charge in [-0.15, -0.1) is 0 Å². The van der Waals surface area contributed by atoms with Crippen LogP contribution in [0.2, 0.25) is 0 Å². The van der Waals surface area contributed by atoms with Crippen molar-refractivity contribution in [1.82, 2.24) is 14.8 Å². The van der Waals surface area contributed by atoms with Gasteiger partial charge >= 0.3 is 0 Å². The largest absolute Gasteiger partial charge is 0.496 e. The number of aromatic nitrogens is 1. The molecule has 0 aliphatic carbocycles. The first-order valence-electron chi connectivity index (χ1n) is 8.22. The normalized spacial score (nSPS) is 15.3. The molecular formula is C19H23N3O2. The van der Waals surface area contributed by atoms with Gasteiger partial charge in [0.25, 0.3) is 5.91 Å². The van der Waals surface area contributed by atoms with Crippen LogP contribution in [-0.4, -0.2) is 54.0 Å². The maximum Gasteiger partial charge on any atom is 0.257 e. The first kappa shape index (κ1) is 16.5. The van der Waals surface area contributed by atoms with Crippen LogP contribution in [0.15, 0.2) is 42.7 Å². The van der Waals surface area contributed by atoms with Crippen molar-refractivity contribution in [3.05, 3.63) is 59.4 Å². The molecule has 2 heterocycles. The minimum atomic E-state index is 0.0513. The van der Waals surface area contributed by atoms with Crippen molar-refractivity contribution in [2.24, 2.45) is 0 Å². The number of aryl methyl sites for hydroxylation is 1. The molecule has 24 heavy (non-hydrogen) atoms. The highest BCUT2D eigenvalue weighted by atomic mass is 16.5. The van der Waals surface area contributed by atoms with E-state index >= 15 is 0 Å². The number of carbonyl (C=O) groups excluding carboxylic acids is 1. The monoisotopic (exact) mass is 325 g/mol. The molecule has 1 saturated heterocycles. The molecule has 1 aliphatic rings. The molecule has 0 spiro atoms. The van der Waals surface area contributed by atoms with E-state index in [9.17, 15) is 4.79 Å². The number of benzene rings is 1. The fourth-order valence-corrected chi connectivity index (χ4v) is 3.00. The number of hydrogen-bond donors (Lipinski definition) is 0. The van der Waals surface area contributed by atoms with E-state index in [2.05, 4.69) is 9.88 Å². The second-order valence-electron chi connectivity index (χ2n) is 6.13. The number of pyridine rings is 1. The summed E-state index contributed by atoms with van der Waals surface area (Å²) in [6, 6.07) is 9.80. The van der Waals surface area contributed by atoms with Gasteiger partial charge in [-0.25, -0.2) is 0 Å². The standard InChI is InChI=1S/C19H23N3O2/c1-15-3-4-17(18(13-15)24-2)19(23)22-11-9-21(10-12-22)14-16-5-7-20-8-6-16/h3-8,13H,9-12,14H2,1-2H3. The Bertz CT molecular complexity index is 695. The number of hydrogen-bond acceptors (Lipinski definition) is 4. The highest BCUT2D eigenvalue weighted by molar-refractivity contribution is 5.97. The summed E-state index contributed by atoms with van der Waals surface area (Å²) in [6.45, 7) is 6.12. The zero-order valence-electron chi connectivity index (χ0n) is 14.2. The SMILES string of the molecule is COc1cc(C)ccc1C(=O)N1CCN(Cc2ccncc2)CC1. The smallest absolute Gasteiger partial charge is 0.257 e. The van der Waals surface area contributed by atoms with Crippen LogP contribution in [0.25, 0.3) is 0 Å². The van der Waals surface area contributed by atoms with Crippen LogP contribution in [0.3, 0.4) is 0 Å². The fraction of sp³-hybridized carbons (Fsp3) is 0.368. The number of nitrogens with zero attached hydrogens (tertiary/aromatic N) is 3. The number of ether oxygens (including phenoxy) is 1. The van der Waals surface area contributed by atoms with E-state index in [4.69, 9.17) is 4.74 Å². The Morgan fingerprint density at radius 1 is 1.12 bits per heavy atom. The van der Waals surface area contributed by atoms with E-state index in [-0.39, 0.29) is 5.91 Å². The fourth-order valence-electron chi connectivity index (χ4n) is 3.00. The summed E-state index contributed by atoms with van der Waals surface area (Å²) in [7, 11) is 1.61. The minimum Gasteiger partial charge on any atom is -0.496 e. The van der Waals surface area contributed by atoms with Gasteiger partial charge < -0.3 is 9.64 Å². The summed E-state index contributed by atoms with van der Waals surface area (Å²) in [5.74, 6) is 0.703. The lowest BCUT2D eigenvalue weighted by Gasteiger charge is -2.35. The summed E-state index contributed by atoms with van der Waals surface area (Å²) >= 11 is 0. The number of piperazine rings is 1. The van der Waals surface area contributed by atoms with Crippen LogP contribution in [0.4, 0.5) is 0 Å². The highest BCUT2D eigenvalue weighted by Crippen LogP contribution is 2.22. The van der Waals surface area contributed by atoms with E-state index < -0.39 is 0 Å². The molecule has 0 N–H and O–H groups in total. The van der Waals surface area contributed by atoms with Gasteiger partial charge in [0.1, 0.15) is 5.75 Å². The van der Waals surface area contributed by atoms with E-state index in [1.165, 1.54) is 5.56 Å². The predicted molar refractivity (Wildman–Crippen MR) is 93.1 cm³/mol. The Hall–Kier alpha value is -2.40. The number of methoxy groups -OCH3 is 1. The zero-order chi connectivity index (χ0) is 16.9. The van der Waals surface area contributed by atoms with Crippen molar-refractivity contribution in [1.29, 1.82) is 0 Å². The highest BCUT2D eigenvalue weighted by Gasteiger charge is 2.24. The van der Waals surface area contributed by atoms with Gasteiger partial charge in [-0.05, 0) is 42.3 Å². The summed E-state index contributed by atoms with van der Waals surface area (Å²) in [4.78, 5) is 21.1. The molecule has 2 aromatic rings. The van der Waals surface area contributed by atoms with Crippen molar-refractivity contribution < 1.29 is 9.53 Å². The van der Waals surface area contributed by atoms with Crippen molar-refractivity contribution in [2.75, 3.05) is 33.3 Å². The van der Waals surface area contributed by atoms with Gasteiger partial charge in [0.2, 0.25) is 0 Å². The quantitative estimate of drug-likeness (QED) is 0.866. The van der Waals surface area contributed by atoms with E-state index in [1.807, 2.05) is 54.5 Å². The first-order chi connectivity index (χ1) is 11.7. The Balaban J connectivity index is 1.61. The van der Waals surface area contributed by atoms with Gasteiger partial charge in [-0.1, -0.05) is 6.07 Å². The maximum absolute atomic E-state index is 12.8. The second kappa shape index (κ2) is 7.45. The number of amides is 1. The van der Waals surface area contributed by atoms with Gasteiger partial charge in [-0.2, -0.15) is 0 Å². The third-order valence-electron chi connectivity index (χ3n) is 4.40. The van der Waals surface area contributed by atoms with E-state index in [0.717, 1.165) is 38.3 Å². The van der Waals surface area contributed by atoms with Crippen molar-refractivity contribution in [3.63, 3.8) is 0 Å². The molecule has 126 valence electrons. The summed E-state index contributed by atoms with van der Waals surface area (Å²) < 4.78 is 5.37. The third-order valence-corrected chi connectivity index (χ3v) is 4.40. The van der Waals surface area contributed by atoms with Gasteiger partial charge in [0.05, 0.1) is 12.7 Å². The molecule has 0 radical (unpaired) electrons. The van der Waals surface area contributed by atoms with Crippen molar-refractivity contribution in [3.8, 4) is 5.75 Å². The second-order valence-corrected chi connectivity index (χ2v) is 6.13. The number of carbonyl (C=O) groups is 1. The van der Waals surface area contributed by atoms with Crippen LogP contribution in [0.1, 0.15) is 21.5 Å². The minimum absolute atomic E-state index is 0.0513. The molecule has 0 unspecified atom stereocenters. The summed E-state index contributed by atoms with van der Waals surface area (Å²) in [6.07, 6.45) is 3.64. The molecule has 0 atom stereocenters. The molecule has 3 rings (SSSR count). The van der Waals surface area contributed by atoms with Gasteiger partial charge in [0, 0.05) is 45.1 Å². The lowest BCUT2D eigenvalue weighted by Crippen LogP contribution is -2.48. The molecule has 1 aromatic heterocycles. The molecule has 1 amide bonds. The Morgan fingerprint density at radius 2 is 1.83 bits per heavy atom. The lowest BCUT2D eigenvalue weighted by atomic mass is 10.1. The molecule has 1 fully saturated rings. The van der Waals surface area contributed by atoms with Gasteiger partial charge in [-0.3, -0.25) is 14.7 Å². The lowest BCUT2D eigenvalue weighted by molar-refractivity contribution is 0.0625. The number of rotatable bonds is 4. The van der Waals surface area contributed by atoms with Gasteiger partial charge in [0.15, 0.2) is 0 Å². The average Bonchev–Trinajstić information content (AvgIpc) is 2.62. The van der Waals surface area contributed by atoms with Crippen LogP contribution < -0.4 is 4.74 Å². The Morgan fingerprint density at radius 3 is 2.50 bits per heavy atom. The zero-order valence-corrected chi connectivity index (χ0v) is 14.2. The van der Waals surface area contributed by atoms with Crippen molar-refractivity contribution >= 4 is 5.91 Å². The average molecular weight is 325 g/mol. The maximum atomic E-state index is 12.8. The molecule has 0 bridgehead atoms. The molecule has 1 aliphatic heterocycles. The first-order valence-corrected chi connectivity index (χ1v) is 8.22. The molecule has 5 nitrogen and oxygen atoms in total. The summed E-state index contributed by atoms with van der Waals surface area (Å²) in [5, 5.41) is 0. The molecular weight excluding hydrogens is 302 g/mol. The molecule has 0 saturated carbocycles. The molecule has 5 heteroatoms. The summed E-state index contributed by atoms with van der Waals surface area (Å²) in [5.41, 5.74) is 2.99. The predicted octanol–water partition coefficient (Wildman–Crippen LogP) is 2.36. The van der Waals surface area contributed by atoms with Crippen LogP contribution >= 0.6 is 0 Å². The van der Waals surface area contributed by atoms with Crippen LogP contribution in [0.5, 0.6) is 5.75 Å². The van der Waals surface area contributed by atoms with Crippen LogP contribution in [-0.2, 0) is 6.54 Å². The molecule has 1 aromatic carbocycles. The topological polar surface area (TPSA) is 45.7 Å². The third kappa shape index (κ3) is 3.74. The van der Waals surface area contributed by atoms with Crippen molar-refractivity contribution in [2.45, 2.75) is 13.5 Å². The van der Waals surface area contributed by atoms with Crippen LogP contribution in [0, 0.1) is 6.92 Å². The van der Waals surface area contributed by atoms with E-state index in [0.29, 0.717) is 11.3 Å². The Labute approximate surface area is 142 Å².